The van der Waals surface area contributed by atoms with Crippen LogP contribution in [-0.2, 0) is 6.42 Å². The van der Waals surface area contributed by atoms with E-state index >= 15 is 0 Å². The summed E-state index contributed by atoms with van der Waals surface area (Å²) >= 11 is 0. The highest BCUT2D eigenvalue weighted by Crippen LogP contribution is 2.57. The first-order chi connectivity index (χ1) is 13.6. The zero-order valence-corrected chi connectivity index (χ0v) is 16.9. The van der Waals surface area contributed by atoms with Crippen LogP contribution >= 0.6 is 0 Å². The predicted octanol–water partition coefficient (Wildman–Crippen LogP) is 3.72. The van der Waals surface area contributed by atoms with Crippen molar-refractivity contribution in [3.8, 4) is 0 Å². The highest BCUT2D eigenvalue weighted by atomic mass is 16.3. The molecular formula is C23H33N3O2. The minimum absolute atomic E-state index is 0.221. The number of aromatic nitrogens is 2. The van der Waals surface area contributed by atoms with Crippen molar-refractivity contribution in [2.24, 2.45) is 17.8 Å². The molecule has 0 radical (unpaired) electrons. The largest absolute Gasteiger partial charge is 0.390 e. The van der Waals surface area contributed by atoms with Crippen LogP contribution in [0.4, 0.5) is 0 Å². The molecule has 28 heavy (non-hydrogen) atoms. The lowest BCUT2D eigenvalue weighted by atomic mass is 9.52. The first kappa shape index (κ1) is 17.5. The highest BCUT2D eigenvalue weighted by Gasteiger charge is 2.57. The Morgan fingerprint density at radius 3 is 2.50 bits per heavy atom. The van der Waals surface area contributed by atoms with Crippen molar-refractivity contribution in [1.29, 1.82) is 0 Å². The second-order valence-corrected chi connectivity index (χ2v) is 10.5. The Morgan fingerprint density at radius 1 is 1.04 bits per heavy atom. The molecule has 1 amide bonds. The molecule has 5 fully saturated rings. The quantitative estimate of drug-likeness (QED) is 0.847. The van der Waals surface area contributed by atoms with E-state index in [4.69, 9.17) is 5.10 Å². The van der Waals surface area contributed by atoms with Crippen LogP contribution in [0.1, 0.15) is 92.7 Å². The number of hydrogen-bond donors (Lipinski definition) is 1. The van der Waals surface area contributed by atoms with Gasteiger partial charge in [0, 0.05) is 12.6 Å². The summed E-state index contributed by atoms with van der Waals surface area (Å²) in [5, 5.41) is 15.7. The Hall–Kier alpha value is -1.36. The molecular weight excluding hydrogens is 350 g/mol. The van der Waals surface area contributed by atoms with Gasteiger partial charge in [0.2, 0.25) is 0 Å². The molecule has 4 bridgehead atoms. The molecule has 6 aliphatic rings. The molecule has 5 aliphatic carbocycles. The highest BCUT2D eigenvalue weighted by molar-refractivity contribution is 5.95. The van der Waals surface area contributed by atoms with Gasteiger partial charge in [-0.15, -0.1) is 0 Å². The number of carbonyl (C=O) groups excluding carboxylic acids is 1. The molecule has 1 aliphatic heterocycles. The molecule has 7 rings (SSSR count). The van der Waals surface area contributed by atoms with Gasteiger partial charge in [0.1, 0.15) is 0 Å². The van der Waals surface area contributed by atoms with E-state index in [1.165, 1.54) is 50.6 Å². The molecule has 5 atom stereocenters. The minimum atomic E-state index is -0.432. The SMILES string of the molecule is O=C1c2cnn(C3CCCCC3)c2CCCN1C1[C@@H]2CC3C[C@H]1CC(O)(C3)C2. The Kier molecular flexibility index (Phi) is 3.95. The average Bonchev–Trinajstić information content (AvgIpc) is 3.02. The van der Waals surface area contributed by atoms with E-state index in [1.807, 2.05) is 6.20 Å². The van der Waals surface area contributed by atoms with Gasteiger partial charge in [0.15, 0.2) is 0 Å². The van der Waals surface area contributed by atoms with Gasteiger partial charge in [0.05, 0.1) is 29.1 Å². The van der Waals surface area contributed by atoms with E-state index in [1.54, 1.807) is 0 Å². The maximum Gasteiger partial charge on any atom is 0.257 e. The normalized spacial score (nSPS) is 40.6. The number of nitrogens with zero attached hydrogens (tertiary/aromatic N) is 3. The van der Waals surface area contributed by atoms with E-state index in [2.05, 4.69) is 9.58 Å². The number of fused-ring (bicyclic) bond motifs is 1. The number of hydrogen-bond acceptors (Lipinski definition) is 3. The third-order valence-electron chi connectivity index (χ3n) is 8.67. The smallest absolute Gasteiger partial charge is 0.257 e. The molecule has 1 aromatic heterocycles. The fourth-order valence-electron chi connectivity index (χ4n) is 7.88. The number of aliphatic hydroxyl groups is 1. The lowest BCUT2D eigenvalue weighted by Crippen LogP contribution is -2.62. The zero-order valence-electron chi connectivity index (χ0n) is 16.9. The summed E-state index contributed by atoms with van der Waals surface area (Å²) in [7, 11) is 0. The predicted molar refractivity (Wildman–Crippen MR) is 106 cm³/mol. The lowest BCUT2D eigenvalue weighted by molar-refractivity contribution is -0.154. The average molecular weight is 384 g/mol. The standard InChI is InChI=1S/C23H33N3O2/c27-22-19-14-24-26(18-5-2-1-3-6-18)20(19)7-4-8-25(22)21-16-9-15-10-17(21)13-23(28,11-15)12-16/h14-18,21,28H,1-13H2/t15?,16-,17+,21?,23?. The van der Waals surface area contributed by atoms with Crippen LogP contribution in [0.5, 0.6) is 0 Å². The molecule has 152 valence electrons. The number of amides is 1. The molecule has 5 saturated carbocycles. The van der Waals surface area contributed by atoms with Crippen molar-refractivity contribution < 1.29 is 9.90 Å². The van der Waals surface area contributed by atoms with Gasteiger partial charge in [0.25, 0.3) is 5.91 Å². The third-order valence-corrected chi connectivity index (χ3v) is 8.67. The van der Waals surface area contributed by atoms with Gasteiger partial charge in [-0.2, -0.15) is 5.10 Å². The first-order valence-electron chi connectivity index (χ1n) is 11.7. The first-order valence-corrected chi connectivity index (χ1v) is 11.7. The van der Waals surface area contributed by atoms with E-state index in [9.17, 15) is 9.90 Å². The van der Waals surface area contributed by atoms with Gasteiger partial charge in [-0.3, -0.25) is 9.48 Å². The maximum atomic E-state index is 13.6. The molecule has 5 nitrogen and oxygen atoms in total. The fourth-order valence-corrected chi connectivity index (χ4v) is 7.88. The van der Waals surface area contributed by atoms with Gasteiger partial charge in [-0.1, -0.05) is 19.3 Å². The summed E-state index contributed by atoms with van der Waals surface area (Å²) in [6.45, 7) is 0.874. The number of rotatable bonds is 2. The van der Waals surface area contributed by atoms with Crippen LogP contribution in [0.2, 0.25) is 0 Å². The van der Waals surface area contributed by atoms with Crippen molar-refractivity contribution in [3.63, 3.8) is 0 Å². The monoisotopic (exact) mass is 383 g/mol. The van der Waals surface area contributed by atoms with Gasteiger partial charge in [-0.25, -0.2) is 0 Å². The molecule has 2 heterocycles. The van der Waals surface area contributed by atoms with E-state index in [0.717, 1.165) is 44.2 Å². The summed E-state index contributed by atoms with van der Waals surface area (Å²) in [4.78, 5) is 15.9. The lowest BCUT2D eigenvalue weighted by Gasteiger charge is -2.60. The second-order valence-electron chi connectivity index (χ2n) is 10.5. The van der Waals surface area contributed by atoms with Crippen molar-refractivity contribution in [2.75, 3.05) is 6.54 Å². The summed E-state index contributed by atoms with van der Waals surface area (Å²) in [5.41, 5.74) is 1.64. The molecule has 3 unspecified atom stereocenters. The fraction of sp³-hybridized carbons (Fsp3) is 0.826. The number of carbonyl (C=O) groups is 1. The Labute approximate surface area is 167 Å². The van der Waals surface area contributed by atoms with Crippen molar-refractivity contribution >= 4 is 5.91 Å². The summed E-state index contributed by atoms with van der Waals surface area (Å²) in [6.07, 6.45) is 15.4. The van der Waals surface area contributed by atoms with Gasteiger partial charge < -0.3 is 10.0 Å². The van der Waals surface area contributed by atoms with Crippen LogP contribution in [0.15, 0.2) is 6.20 Å². The summed E-state index contributed by atoms with van der Waals surface area (Å²) < 4.78 is 2.22. The van der Waals surface area contributed by atoms with Crippen LogP contribution < -0.4 is 0 Å². The van der Waals surface area contributed by atoms with Crippen LogP contribution in [0, 0.1) is 17.8 Å². The molecule has 5 heteroatoms. The summed E-state index contributed by atoms with van der Waals surface area (Å²) in [6, 6.07) is 0.834. The molecule has 1 N–H and O–H groups in total. The van der Waals surface area contributed by atoms with E-state index in [0.29, 0.717) is 29.8 Å². The van der Waals surface area contributed by atoms with E-state index in [-0.39, 0.29) is 5.91 Å². The van der Waals surface area contributed by atoms with Crippen LogP contribution in [0.25, 0.3) is 0 Å². The second kappa shape index (κ2) is 6.32. The molecule has 0 spiro atoms. The Morgan fingerprint density at radius 2 is 1.79 bits per heavy atom. The minimum Gasteiger partial charge on any atom is -0.390 e. The molecule has 1 aromatic rings. The third kappa shape index (κ3) is 2.61. The Bertz CT molecular complexity index is 765. The van der Waals surface area contributed by atoms with Gasteiger partial charge in [-0.05, 0) is 75.5 Å². The molecule has 0 aromatic carbocycles. The van der Waals surface area contributed by atoms with E-state index < -0.39 is 5.60 Å². The summed E-state index contributed by atoms with van der Waals surface area (Å²) in [5.74, 6) is 1.90. The zero-order chi connectivity index (χ0) is 18.9. The maximum absolute atomic E-state index is 13.6. The van der Waals surface area contributed by atoms with Crippen molar-refractivity contribution in [1.82, 2.24) is 14.7 Å². The van der Waals surface area contributed by atoms with Gasteiger partial charge >= 0.3 is 0 Å². The molecule has 0 saturated heterocycles. The van der Waals surface area contributed by atoms with Crippen molar-refractivity contribution in [3.05, 3.63) is 17.5 Å². The van der Waals surface area contributed by atoms with Crippen LogP contribution in [0.3, 0.4) is 0 Å². The topological polar surface area (TPSA) is 58.4 Å². The van der Waals surface area contributed by atoms with Crippen LogP contribution in [-0.4, -0.2) is 43.9 Å². The van der Waals surface area contributed by atoms with Crippen molar-refractivity contribution in [2.45, 2.75) is 94.7 Å². The Balaban J connectivity index is 1.30.